The van der Waals surface area contributed by atoms with Gasteiger partial charge in [0, 0.05) is 36.6 Å². The molecular formula is C19H25N5O2. The molecule has 3 rings (SSSR count). The first-order chi connectivity index (χ1) is 12.6. The second-order valence-electron chi connectivity index (χ2n) is 6.37. The molecule has 138 valence electrons. The van der Waals surface area contributed by atoms with E-state index in [1.807, 2.05) is 25.1 Å². The van der Waals surface area contributed by atoms with Crippen molar-refractivity contribution in [3.05, 3.63) is 41.9 Å². The smallest absolute Gasteiger partial charge is 0.319 e. The monoisotopic (exact) mass is 355 g/mol. The van der Waals surface area contributed by atoms with Crippen LogP contribution in [0.5, 0.6) is 5.75 Å². The molecule has 2 heterocycles. The Morgan fingerprint density at radius 2 is 2.00 bits per heavy atom. The molecule has 1 aliphatic heterocycles. The van der Waals surface area contributed by atoms with Crippen molar-refractivity contribution in [3.8, 4) is 5.75 Å². The summed E-state index contributed by atoms with van der Waals surface area (Å²) in [4.78, 5) is 23.5. The van der Waals surface area contributed by atoms with Crippen LogP contribution in [0.2, 0.25) is 0 Å². The summed E-state index contributed by atoms with van der Waals surface area (Å²) in [6, 6.07) is 8.92. The largest absolute Gasteiger partial charge is 0.497 e. The van der Waals surface area contributed by atoms with Crippen molar-refractivity contribution in [2.75, 3.05) is 30.4 Å². The SMILES string of the molecule is COc1cccc(NC(=O)NCc2nc(C)cc(N3CCCCC3)n2)c1. The predicted molar refractivity (Wildman–Crippen MR) is 102 cm³/mol. The first-order valence-corrected chi connectivity index (χ1v) is 8.92. The van der Waals surface area contributed by atoms with Gasteiger partial charge in [-0.2, -0.15) is 0 Å². The maximum absolute atomic E-state index is 12.1. The van der Waals surface area contributed by atoms with Crippen molar-refractivity contribution >= 4 is 17.5 Å². The number of hydrogen-bond acceptors (Lipinski definition) is 5. The molecule has 1 saturated heterocycles. The van der Waals surface area contributed by atoms with Crippen LogP contribution in [0.1, 0.15) is 30.8 Å². The summed E-state index contributed by atoms with van der Waals surface area (Å²) in [7, 11) is 1.59. The van der Waals surface area contributed by atoms with Crippen molar-refractivity contribution < 1.29 is 9.53 Å². The van der Waals surface area contributed by atoms with E-state index in [2.05, 4.69) is 25.5 Å². The summed E-state index contributed by atoms with van der Waals surface area (Å²) in [5.41, 5.74) is 1.58. The topological polar surface area (TPSA) is 79.4 Å². The predicted octanol–water partition coefficient (Wildman–Crippen LogP) is 3.11. The van der Waals surface area contributed by atoms with Gasteiger partial charge in [0.25, 0.3) is 0 Å². The Balaban J connectivity index is 1.59. The summed E-state index contributed by atoms with van der Waals surface area (Å²) in [5.74, 6) is 2.25. The molecule has 0 aliphatic carbocycles. The normalized spacial score (nSPS) is 14.0. The molecule has 0 unspecified atom stereocenters. The molecule has 0 bridgehead atoms. The Labute approximate surface area is 153 Å². The summed E-state index contributed by atoms with van der Waals surface area (Å²) >= 11 is 0. The maximum Gasteiger partial charge on any atom is 0.319 e. The molecule has 7 nitrogen and oxygen atoms in total. The molecule has 1 aromatic heterocycles. The van der Waals surface area contributed by atoms with E-state index in [0.717, 1.165) is 24.6 Å². The highest BCUT2D eigenvalue weighted by Gasteiger charge is 2.14. The lowest BCUT2D eigenvalue weighted by Crippen LogP contribution is -2.32. The number of carbonyl (C=O) groups excluding carboxylic acids is 1. The van der Waals surface area contributed by atoms with E-state index < -0.39 is 0 Å². The van der Waals surface area contributed by atoms with E-state index in [1.165, 1.54) is 19.3 Å². The van der Waals surface area contributed by atoms with Crippen molar-refractivity contribution in [2.45, 2.75) is 32.7 Å². The number of urea groups is 1. The van der Waals surface area contributed by atoms with E-state index in [0.29, 0.717) is 17.3 Å². The minimum atomic E-state index is -0.303. The van der Waals surface area contributed by atoms with Crippen LogP contribution in [-0.4, -0.2) is 36.2 Å². The fourth-order valence-electron chi connectivity index (χ4n) is 3.01. The number of anilines is 2. The third kappa shape index (κ3) is 4.84. The number of methoxy groups -OCH3 is 1. The summed E-state index contributed by atoms with van der Waals surface area (Å²) in [5, 5.41) is 5.59. The maximum atomic E-state index is 12.1. The lowest BCUT2D eigenvalue weighted by molar-refractivity contribution is 0.251. The van der Waals surface area contributed by atoms with Gasteiger partial charge in [0.2, 0.25) is 0 Å². The van der Waals surface area contributed by atoms with Crippen LogP contribution in [0.4, 0.5) is 16.3 Å². The van der Waals surface area contributed by atoms with Crippen molar-refractivity contribution in [2.24, 2.45) is 0 Å². The van der Waals surface area contributed by atoms with Crippen molar-refractivity contribution in [1.29, 1.82) is 0 Å². The fraction of sp³-hybridized carbons (Fsp3) is 0.421. The Morgan fingerprint density at radius 1 is 1.19 bits per heavy atom. The van der Waals surface area contributed by atoms with Crippen LogP contribution in [0.3, 0.4) is 0 Å². The highest BCUT2D eigenvalue weighted by molar-refractivity contribution is 5.89. The van der Waals surface area contributed by atoms with Gasteiger partial charge >= 0.3 is 6.03 Å². The number of rotatable bonds is 5. The highest BCUT2D eigenvalue weighted by atomic mass is 16.5. The fourth-order valence-corrected chi connectivity index (χ4v) is 3.01. The van der Waals surface area contributed by atoms with E-state index in [1.54, 1.807) is 19.2 Å². The average molecular weight is 355 g/mol. The van der Waals surface area contributed by atoms with Gasteiger partial charge < -0.3 is 20.3 Å². The van der Waals surface area contributed by atoms with E-state index in [-0.39, 0.29) is 12.6 Å². The average Bonchev–Trinajstić information content (AvgIpc) is 2.67. The second-order valence-corrected chi connectivity index (χ2v) is 6.37. The number of aromatic nitrogens is 2. The van der Waals surface area contributed by atoms with Crippen LogP contribution in [0.15, 0.2) is 30.3 Å². The first kappa shape index (κ1) is 18.0. The highest BCUT2D eigenvalue weighted by Crippen LogP contribution is 2.19. The van der Waals surface area contributed by atoms with Gasteiger partial charge in [-0.1, -0.05) is 6.07 Å². The molecule has 0 saturated carbocycles. The van der Waals surface area contributed by atoms with Crippen LogP contribution >= 0.6 is 0 Å². The van der Waals surface area contributed by atoms with Crippen LogP contribution in [-0.2, 0) is 6.54 Å². The molecule has 0 radical (unpaired) electrons. The van der Waals surface area contributed by atoms with E-state index >= 15 is 0 Å². The Bertz CT molecular complexity index is 759. The standard InChI is InChI=1S/C19H25N5O2/c1-14-11-18(24-9-4-3-5-10-24)23-17(21-14)13-20-19(25)22-15-7-6-8-16(12-15)26-2/h6-8,11-12H,3-5,9-10,13H2,1-2H3,(H2,20,22,25). The zero-order valence-electron chi connectivity index (χ0n) is 15.3. The van der Waals surface area contributed by atoms with Crippen LogP contribution in [0.25, 0.3) is 0 Å². The van der Waals surface area contributed by atoms with Crippen molar-refractivity contribution in [1.82, 2.24) is 15.3 Å². The molecule has 0 atom stereocenters. The molecule has 2 aromatic rings. The lowest BCUT2D eigenvalue weighted by Gasteiger charge is -2.28. The van der Waals surface area contributed by atoms with Gasteiger partial charge in [-0.05, 0) is 38.3 Å². The zero-order chi connectivity index (χ0) is 18.4. The molecule has 1 fully saturated rings. The number of nitrogens with zero attached hydrogens (tertiary/aromatic N) is 3. The number of benzene rings is 1. The molecule has 2 N–H and O–H groups in total. The third-order valence-corrected chi connectivity index (χ3v) is 4.30. The molecule has 0 spiro atoms. The lowest BCUT2D eigenvalue weighted by atomic mass is 10.1. The third-order valence-electron chi connectivity index (χ3n) is 4.30. The number of carbonyl (C=O) groups is 1. The molecule has 2 amide bonds. The summed E-state index contributed by atoms with van der Waals surface area (Å²) in [6.45, 7) is 4.28. The number of ether oxygens (including phenoxy) is 1. The number of hydrogen-bond donors (Lipinski definition) is 2. The molecule has 1 aliphatic rings. The van der Waals surface area contributed by atoms with Gasteiger partial charge in [-0.3, -0.25) is 0 Å². The van der Waals surface area contributed by atoms with Gasteiger partial charge in [0.1, 0.15) is 17.4 Å². The minimum Gasteiger partial charge on any atom is -0.497 e. The van der Waals surface area contributed by atoms with Gasteiger partial charge in [0.15, 0.2) is 0 Å². The number of amides is 2. The summed E-state index contributed by atoms with van der Waals surface area (Å²) < 4.78 is 5.15. The van der Waals surface area contributed by atoms with E-state index in [4.69, 9.17) is 4.74 Å². The molecule has 26 heavy (non-hydrogen) atoms. The molecule has 1 aromatic carbocycles. The van der Waals surface area contributed by atoms with Crippen molar-refractivity contribution in [3.63, 3.8) is 0 Å². The van der Waals surface area contributed by atoms with Gasteiger partial charge in [0.05, 0.1) is 13.7 Å². The van der Waals surface area contributed by atoms with Crippen LogP contribution in [0, 0.1) is 6.92 Å². The van der Waals surface area contributed by atoms with Gasteiger partial charge in [-0.15, -0.1) is 0 Å². The Morgan fingerprint density at radius 3 is 2.77 bits per heavy atom. The number of aryl methyl sites for hydroxylation is 1. The Hall–Kier alpha value is -2.83. The van der Waals surface area contributed by atoms with E-state index in [9.17, 15) is 4.79 Å². The molecular weight excluding hydrogens is 330 g/mol. The number of piperidine rings is 1. The second kappa shape index (κ2) is 8.51. The quantitative estimate of drug-likeness (QED) is 0.861. The first-order valence-electron chi connectivity index (χ1n) is 8.92. The Kier molecular flexibility index (Phi) is 5.88. The summed E-state index contributed by atoms with van der Waals surface area (Å²) in [6.07, 6.45) is 3.67. The number of nitrogens with one attached hydrogen (secondary N) is 2. The zero-order valence-corrected chi connectivity index (χ0v) is 15.3. The minimum absolute atomic E-state index is 0.276. The molecule has 7 heteroatoms. The van der Waals surface area contributed by atoms with Crippen LogP contribution < -0.4 is 20.3 Å². The van der Waals surface area contributed by atoms with Gasteiger partial charge in [-0.25, -0.2) is 14.8 Å².